The maximum atomic E-state index is 10.6. The van der Waals surface area contributed by atoms with Crippen LogP contribution in [0.15, 0.2) is 0 Å². The predicted octanol–water partition coefficient (Wildman–Crippen LogP) is -0.635. The second kappa shape index (κ2) is 6.05. The molecule has 0 aliphatic carbocycles. The number of carbonyl (C=O) groups is 1. The van der Waals surface area contributed by atoms with Crippen LogP contribution in [0.4, 0.5) is 0 Å². The largest absolute Gasteiger partial charge is 0.355 e. The first-order valence-electron chi connectivity index (χ1n) is 3.15. The number of nitriles is 1. The van der Waals surface area contributed by atoms with Gasteiger partial charge in [-0.1, -0.05) is 0 Å². The molecule has 0 saturated heterocycles. The van der Waals surface area contributed by atoms with Gasteiger partial charge in [-0.05, 0) is 0 Å². The highest BCUT2D eigenvalue weighted by atomic mass is 16.1. The molecule has 0 rings (SSSR count). The standard InChI is InChI=1S/C6H11N3O/c7-3-1-5-9-6(10)2-4-8/h1-2,4-5,8H2,(H,9,10). The van der Waals surface area contributed by atoms with Gasteiger partial charge in [0.25, 0.3) is 0 Å². The van der Waals surface area contributed by atoms with E-state index in [0.29, 0.717) is 25.9 Å². The molecule has 0 bridgehead atoms. The number of nitrogens with one attached hydrogen (secondary N) is 1. The topological polar surface area (TPSA) is 78.9 Å². The molecule has 0 saturated carbocycles. The Balaban J connectivity index is 3.15. The molecule has 0 aromatic heterocycles. The van der Waals surface area contributed by atoms with Crippen molar-refractivity contribution < 1.29 is 4.79 Å². The molecule has 3 N–H and O–H groups in total. The van der Waals surface area contributed by atoms with E-state index in [2.05, 4.69) is 5.32 Å². The van der Waals surface area contributed by atoms with E-state index in [1.165, 1.54) is 0 Å². The molecule has 10 heavy (non-hydrogen) atoms. The van der Waals surface area contributed by atoms with Crippen LogP contribution in [0.3, 0.4) is 0 Å². The van der Waals surface area contributed by atoms with E-state index in [1.54, 1.807) is 0 Å². The Labute approximate surface area is 60.0 Å². The monoisotopic (exact) mass is 141 g/mol. The molecule has 0 aromatic rings. The fourth-order valence-electron chi connectivity index (χ4n) is 0.477. The fourth-order valence-corrected chi connectivity index (χ4v) is 0.477. The van der Waals surface area contributed by atoms with E-state index in [9.17, 15) is 4.79 Å². The van der Waals surface area contributed by atoms with Gasteiger partial charge in [0.15, 0.2) is 0 Å². The second-order valence-corrected chi connectivity index (χ2v) is 1.80. The maximum Gasteiger partial charge on any atom is 0.221 e. The number of carbonyl (C=O) groups excluding carboxylic acids is 1. The van der Waals surface area contributed by atoms with Crippen molar-refractivity contribution in [2.45, 2.75) is 12.8 Å². The first kappa shape index (κ1) is 8.92. The van der Waals surface area contributed by atoms with Crippen molar-refractivity contribution in [2.75, 3.05) is 13.1 Å². The Kier molecular flexibility index (Phi) is 5.39. The molecule has 0 aliphatic heterocycles. The second-order valence-electron chi connectivity index (χ2n) is 1.80. The lowest BCUT2D eigenvalue weighted by Gasteiger charge is -1.98. The molecular formula is C6H11N3O. The number of rotatable bonds is 4. The molecule has 4 nitrogen and oxygen atoms in total. The summed E-state index contributed by atoms with van der Waals surface area (Å²) >= 11 is 0. The molecular weight excluding hydrogens is 130 g/mol. The number of nitrogens with zero attached hydrogens (tertiary/aromatic N) is 1. The van der Waals surface area contributed by atoms with Crippen molar-refractivity contribution in [1.82, 2.24) is 5.32 Å². The van der Waals surface area contributed by atoms with Crippen LogP contribution >= 0.6 is 0 Å². The lowest BCUT2D eigenvalue weighted by Crippen LogP contribution is -2.26. The molecule has 0 heterocycles. The van der Waals surface area contributed by atoms with Gasteiger partial charge in [0.2, 0.25) is 5.91 Å². The fraction of sp³-hybridized carbons (Fsp3) is 0.667. The molecule has 0 spiro atoms. The van der Waals surface area contributed by atoms with Gasteiger partial charge < -0.3 is 11.1 Å². The number of hydrogen-bond donors (Lipinski definition) is 2. The first-order chi connectivity index (χ1) is 4.81. The SMILES string of the molecule is N#CCCNC(=O)CCN. The lowest BCUT2D eigenvalue weighted by atomic mass is 10.4. The third kappa shape index (κ3) is 5.06. The Morgan fingerprint density at radius 2 is 2.40 bits per heavy atom. The summed E-state index contributed by atoms with van der Waals surface area (Å²) in [5.74, 6) is -0.0854. The third-order valence-electron chi connectivity index (χ3n) is 0.930. The van der Waals surface area contributed by atoms with Gasteiger partial charge in [-0.25, -0.2) is 0 Å². The van der Waals surface area contributed by atoms with Crippen LogP contribution in [0.1, 0.15) is 12.8 Å². The van der Waals surface area contributed by atoms with Crippen molar-refractivity contribution in [1.29, 1.82) is 5.26 Å². The zero-order valence-corrected chi connectivity index (χ0v) is 5.76. The average Bonchev–Trinajstić information content (AvgIpc) is 1.89. The summed E-state index contributed by atoms with van der Waals surface area (Å²) in [5, 5.41) is 10.6. The van der Waals surface area contributed by atoms with Gasteiger partial charge in [-0.15, -0.1) is 0 Å². The van der Waals surface area contributed by atoms with Crippen LogP contribution in [0.5, 0.6) is 0 Å². The Morgan fingerprint density at radius 1 is 1.70 bits per heavy atom. The molecule has 56 valence electrons. The first-order valence-corrected chi connectivity index (χ1v) is 3.15. The Morgan fingerprint density at radius 3 is 2.90 bits per heavy atom. The minimum Gasteiger partial charge on any atom is -0.355 e. The summed E-state index contributed by atoms with van der Waals surface area (Å²) in [5.41, 5.74) is 5.11. The zero-order valence-electron chi connectivity index (χ0n) is 5.76. The van der Waals surface area contributed by atoms with Crippen LogP contribution in [-0.2, 0) is 4.79 Å². The zero-order chi connectivity index (χ0) is 7.82. The van der Waals surface area contributed by atoms with Crippen molar-refractivity contribution >= 4 is 5.91 Å². The smallest absolute Gasteiger partial charge is 0.221 e. The molecule has 1 amide bonds. The minimum atomic E-state index is -0.0854. The highest BCUT2D eigenvalue weighted by molar-refractivity contribution is 5.75. The summed E-state index contributed by atoms with van der Waals surface area (Å²) < 4.78 is 0. The minimum absolute atomic E-state index is 0.0854. The van der Waals surface area contributed by atoms with E-state index in [0.717, 1.165) is 0 Å². The summed E-state index contributed by atoms with van der Waals surface area (Å²) in [4.78, 5) is 10.6. The van der Waals surface area contributed by atoms with Gasteiger partial charge in [0.05, 0.1) is 12.5 Å². The summed E-state index contributed by atoms with van der Waals surface area (Å²) in [7, 11) is 0. The van der Waals surface area contributed by atoms with Crippen molar-refractivity contribution in [3.63, 3.8) is 0 Å². The summed E-state index contributed by atoms with van der Waals surface area (Å²) in [6, 6.07) is 1.92. The van der Waals surface area contributed by atoms with Crippen LogP contribution in [0, 0.1) is 11.3 Å². The normalized spacial score (nSPS) is 8.40. The van der Waals surface area contributed by atoms with Gasteiger partial charge in [-0.2, -0.15) is 5.26 Å². The summed E-state index contributed by atoms with van der Waals surface area (Å²) in [6.45, 7) is 0.785. The number of amides is 1. The van der Waals surface area contributed by atoms with Gasteiger partial charge in [0.1, 0.15) is 0 Å². The average molecular weight is 141 g/mol. The molecule has 0 unspecified atom stereocenters. The van der Waals surface area contributed by atoms with Gasteiger partial charge in [-0.3, -0.25) is 4.79 Å². The van der Waals surface area contributed by atoms with E-state index >= 15 is 0 Å². The molecule has 4 heteroatoms. The quantitative estimate of drug-likeness (QED) is 0.511. The molecule has 0 aliphatic rings. The molecule has 0 atom stereocenters. The van der Waals surface area contributed by atoms with E-state index in [-0.39, 0.29) is 5.91 Å². The predicted molar refractivity (Wildman–Crippen MR) is 36.9 cm³/mol. The van der Waals surface area contributed by atoms with Gasteiger partial charge >= 0.3 is 0 Å². The highest BCUT2D eigenvalue weighted by Crippen LogP contribution is 1.75. The molecule has 0 fully saturated rings. The molecule has 0 aromatic carbocycles. The van der Waals surface area contributed by atoms with Crippen LogP contribution in [-0.4, -0.2) is 19.0 Å². The van der Waals surface area contributed by atoms with Crippen LogP contribution in [0.25, 0.3) is 0 Å². The summed E-state index contributed by atoms with van der Waals surface area (Å²) in [6.07, 6.45) is 0.696. The lowest BCUT2D eigenvalue weighted by molar-refractivity contribution is -0.120. The highest BCUT2D eigenvalue weighted by Gasteiger charge is 1.95. The van der Waals surface area contributed by atoms with Crippen LogP contribution < -0.4 is 11.1 Å². The van der Waals surface area contributed by atoms with Crippen molar-refractivity contribution in [3.8, 4) is 6.07 Å². The van der Waals surface area contributed by atoms with Crippen molar-refractivity contribution in [3.05, 3.63) is 0 Å². The molecule has 0 radical (unpaired) electrons. The van der Waals surface area contributed by atoms with Crippen molar-refractivity contribution in [2.24, 2.45) is 5.73 Å². The van der Waals surface area contributed by atoms with Gasteiger partial charge in [0, 0.05) is 19.5 Å². The van der Waals surface area contributed by atoms with E-state index in [1.807, 2.05) is 6.07 Å². The third-order valence-corrected chi connectivity index (χ3v) is 0.930. The maximum absolute atomic E-state index is 10.6. The van der Waals surface area contributed by atoms with E-state index in [4.69, 9.17) is 11.0 Å². The Hall–Kier alpha value is -1.08. The number of hydrogen-bond acceptors (Lipinski definition) is 3. The Bertz CT molecular complexity index is 138. The van der Waals surface area contributed by atoms with Crippen LogP contribution in [0.2, 0.25) is 0 Å². The van der Waals surface area contributed by atoms with E-state index < -0.39 is 0 Å². The number of nitrogens with two attached hydrogens (primary N) is 1.